The average molecular weight is 819 g/mol. The van der Waals surface area contributed by atoms with Gasteiger partial charge in [-0.1, -0.05) is 68.4 Å². The number of amides is 5. The summed E-state index contributed by atoms with van der Waals surface area (Å²) in [7, 11) is 1.54. The Labute approximate surface area is 346 Å². The molecule has 3 rings (SSSR count). The Bertz CT molecular complexity index is 1840. The molecule has 13 N–H and O–H groups in total. The molecule has 0 spiro atoms. The van der Waals surface area contributed by atoms with E-state index >= 15 is 0 Å². The summed E-state index contributed by atoms with van der Waals surface area (Å²) in [6, 6.07) is 15.9. The molecule has 0 aliphatic rings. The summed E-state index contributed by atoms with van der Waals surface area (Å²) < 4.78 is 10.9. The van der Waals surface area contributed by atoms with Crippen LogP contribution in [0, 0.1) is 5.92 Å². The Hall–Kier alpha value is -5.94. The molecule has 17 nitrogen and oxygen atoms in total. The van der Waals surface area contributed by atoms with E-state index in [0.29, 0.717) is 56.6 Å². The number of nitrogens with zero attached hydrogens (tertiary/aromatic N) is 1. The van der Waals surface area contributed by atoms with E-state index in [2.05, 4.69) is 31.6 Å². The fourth-order valence-corrected chi connectivity index (χ4v) is 6.27. The molecule has 0 saturated heterocycles. The first-order valence-electron chi connectivity index (χ1n) is 20.1. The van der Waals surface area contributed by atoms with E-state index in [1.54, 1.807) is 26.0 Å². The number of aliphatic imine (C=N–C) groups is 1. The Kier molecular flexibility index (Phi) is 20.4. The van der Waals surface area contributed by atoms with Crippen molar-refractivity contribution in [2.45, 2.75) is 96.0 Å². The van der Waals surface area contributed by atoms with Gasteiger partial charge in [0.2, 0.25) is 23.6 Å². The topological polar surface area (TPSA) is 280 Å². The van der Waals surface area contributed by atoms with Crippen LogP contribution in [0.4, 0.5) is 10.5 Å². The van der Waals surface area contributed by atoms with Crippen LogP contribution < -0.4 is 54.3 Å². The minimum Gasteiger partial charge on any atom is -0.496 e. The summed E-state index contributed by atoms with van der Waals surface area (Å²) >= 11 is 0. The number of fused-ring (bicyclic) bond motifs is 1. The van der Waals surface area contributed by atoms with Crippen molar-refractivity contribution in [3.05, 3.63) is 72.3 Å². The highest BCUT2D eigenvalue weighted by Crippen LogP contribution is 2.30. The van der Waals surface area contributed by atoms with Gasteiger partial charge in [0.25, 0.3) is 0 Å². The highest BCUT2D eigenvalue weighted by Gasteiger charge is 2.32. The van der Waals surface area contributed by atoms with Gasteiger partial charge in [-0.2, -0.15) is 0 Å². The van der Waals surface area contributed by atoms with Crippen LogP contribution in [0.3, 0.4) is 0 Å². The van der Waals surface area contributed by atoms with Crippen LogP contribution in [0.2, 0.25) is 0 Å². The third-order valence-corrected chi connectivity index (χ3v) is 9.48. The number of nitrogens with two attached hydrogens (primary N) is 4. The van der Waals surface area contributed by atoms with Crippen LogP contribution in [0.1, 0.15) is 70.8 Å². The van der Waals surface area contributed by atoms with E-state index < -0.39 is 53.9 Å². The summed E-state index contributed by atoms with van der Waals surface area (Å²) in [4.78, 5) is 72.3. The van der Waals surface area contributed by atoms with Crippen molar-refractivity contribution >= 4 is 52.1 Å². The second kappa shape index (κ2) is 25.4. The Morgan fingerprint density at radius 2 is 1.24 bits per heavy atom. The standard InChI is InChI=1S/C42H62N10O7/c1-27(2)36(52-42(57)59-26-28-14-5-4-6-15-28)40(56)51-33(19-10-12-22-44)39(55)49-32(18-9-11-21-43)38(54)50-34(20-13-23-47-41(45)46)37(53)48-30-24-29-16-7-8-17-31(29)35(25-30)58-3/h4-8,14-17,24-25,27,32-34,36H,9-13,18-23,26,43-44H2,1-3H3,(H,48,53)(H,49,55)(H,50,54)(H,51,56)(H,52,57)(H4,45,46,47). The van der Waals surface area contributed by atoms with E-state index in [1.807, 2.05) is 54.6 Å². The number of nitrogens with one attached hydrogen (secondary N) is 5. The van der Waals surface area contributed by atoms with Gasteiger partial charge in [-0.3, -0.25) is 24.2 Å². The van der Waals surface area contributed by atoms with E-state index in [4.69, 9.17) is 32.4 Å². The quantitative estimate of drug-likeness (QED) is 0.0340. The lowest BCUT2D eigenvalue weighted by Gasteiger charge is -2.27. The van der Waals surface area contributed by atoms with Gasteiger partial charge in [0.1, 0.15) is 36.5 Å². The zero-order chi connectivity index (χ0) is 43.2. The minimum atomic E-state index is -1.09. The van der Waals surface area contributed by atoms with Gasteiger partial charge in [-0.15, -0.1) is 0 Å². The van der Waals surface area contributed by atoms with Crippen molar-refractivity contribution in [3.63, 3.8) is 0 Å². The smallest absolute Gasteiger partial charge is 0.408 e. The first kappa shape index (κ1) is 47.4. The number of benzene rings is 3. The molecule has 0 radical (unpaired) electrons. The summed E-state index contributed by atoms with van der Waals surface area (Å²) in [6.45, 7) is 4.46. The van der Waals surface area contributed by atoms with Gasteiger partial charge in [0.05, 0.1) is 7.11 Å². The first-order chi connectivity index (χ1) is 28.4. The Morgan fingerprint density at radius 3 is 1.81 bits per heavy atom. The van der Waals surface area contributed by atoms with Gasteiger partial charge in [-0.25, -0.2) is 4.79 Å². The SMILES string of the molecule is COc1cc(NC(=O)C(CCCN=C(N)N)NC(=O)C(CCCCN)NC(=O)C(CCCCN)NC(=O)C(NC(=O)OCc2ccccc2)C(C)C)cc2ccccc12. The number of guanidine groups is 1. The van der Waals surface area contributed by atoms with Crippen molar-refractivity contribution < 1.29 is 33.4 Å². The number of ether oxygens (including phenoxy) is 2. The Balaban J connectivity index is 1.80. The maximum atomic E-state index is 14.1. The van der Waals surface area contributed by atoms with Gasteiger partial charge >= 0.3 is 6.09 Å². The van der Waals surface area contributed by atoms with Crippen LogP contribution in [0.15, 0.2) is 71.7 Å². The molecule has 3 aromatic carbocycles. The number of hydrogen-bond donors (Lipinski definition) is 9. The highest BCUT2D eigenvalue weighted by molar-refractivity contribution is 6.01. The molecule has 5 amide bonds. The highest BCUT2D eigenvalue weighted by atomic mass is 16.5. The molecule has 0 aliphatic heterocycles. The minimum absolute atomic E-state index is 0.00775. The van der Waals surface area contributed by atoms with Crippen molar-refractivity contribution in [2.75, 3.05) is 32.1 Å². The monoisotopic (exact) mass is 818 g/mol. The number of rotatable bonds is 25. The summed E-state index contributed by atoms with van der Waals surface area (Å²) in [6.07, 6.45) is 2.27. The molecule has 4 unspecified atom stereocenters. The molecule has 0 aromatic heterocycles. The molecule has 4 atom stereocenters. The number of alkyl carbamates (subject to hydrolysis) is 1. The van der Waals surface area contributed by atoms with E-state index in [0.717, 1.165) is 16.3 Å². The predicted octanol–water partition coefficient (Wildman–Crippen LogP) is 2.50. The zero-order valence-corrected chi connectivity index (χ0v) is 34.3. The summed E-state index contributed by atoms with van der Waals surface area (Å²) in [5.41, 5.74) is 23.7. The molecule has 0 fully saturated rings. The number of carbonyl (C=O) groups excluding carboxylic acids is 5. The fraction of sp³-hybridized carbons (Fsp3) is 0.476. The maximum Gasteiger partial charge on any atom is 0.408 e. The molecular formula is C42H62N10O7. The fourth-order valence-electron chi connectivity index (χ4n) is 6.27. The molecular weight excluding hydrogens is 757 g/mol. The van der Waals surface area contributed by atoms with Crippen molar-refractivity contribution in [1.82, 2.24) is 21.3 Å². The number of unbranched alkanes of at least 4 members (excludes halogenated alkanes) is 2. The predicted molar refractivity (Wildman–Crippen MR) is 229 cm³/mol. The van der Waals surface area contributed by atoms with E-state index in [1.165, 1.54) is 7.11 Å². The van der Waals surface area contributed by atoms with Gasteiger partial charge in [-0.05, 0) is 87.4 Å². The molecule has 0 aliphatic carbocycles. The average Bonchev–Trinajstić information content (AvgIpc) is 3.22. The molecule has 322 valence electrons. The van der Waals surface area contributed by atoms with Gasteiger partial charge in [0.15, 0.2) is 5.96 Å². The molecule has 0 saturated carbocycles. The Morgan fingerprint density at radius 1 is 0.678 bits per heavy atom. The third kappa shape index (κ3) is 16.4. The van der Waals surface area contributed by atoms with Crippen LogP contribution in [0.25, 0.3) is 10.8 Å². The molecule has 0 bridgehead atoms. The van der Waals surface area contributed by atoms with Gasteiger partial charge < -0.3 is 59.0 Å². The lowest BCUT2D eigenvalue weighted by molar-refractivity contribution is -0.134. The second-order valence-corrected chi connectivity index (χ2v) is 14.5. The van der Waals surface area contributed by atoms with Gasteiger partial charge in [0, 0.05) is 23.7 Å². The number of hydrogen-bond acceptors (Lipinski definition) is 10. The lowest BCUT2D eigenvalue weighted by Crippen LogP contribution is -2.58. The van der Waals surface area contributed by atoms with Crippen LogP contribution in [-0.2, 0) is 30.5 Å². The number of anilines is 1. The van der Waals surface area contributed by atoms with Crippen molar-refractivity contribution in [1.29, 1.82) is 0 Å². The first-order valence-corrected chi connectivity index (χ1v) is 20.1. The van der Waals surface area contributed by atoms with Crippen LogP contribution in [-0.4, -0.2) is 86.6 Å². The maximum absolute atomic E-state index is 14.1. The summed E-state index contributed by atoms with van der Waals surface area (Å²) in [5, 5.41) is 15.6. The lowest BCUT2D eigenvalue weighted by atomic mass is 10.0. The van der Waals surface area contributed by atoms with E-state index in [-0.39, 0.29) is 44.3 Å². The zero-order valence-electron chi connectivity index (χ0n) is 34.3. The van der Waals surface area contributed by atoms with Crippen molar-refractivity contribution in [2.24, 2.45) is 33.8 Å². The number of methoxy groups -OCH3 is 1. The third-order valence-electron chi connectivity index (χ3n) is 9.48. The molecule has 3 aromatic rings. The summed E-state index contributed by atoms with van der Waals surface area (Å²) in [5.74, 6) is -2.25. The molecule has 17 heteroatoms. The van der Waals surface area contributed by atoms with Crippen LogP contribution in [0.5, 0.6) is 5.75 Å². The largest absolute Gasteiger partial charge is 0.496 e. The normalized spacial score (nSPS) is 13.0. The number of carbonyl (C=O) groups is 5. The molecule has 0 heterocycles. The van der Waals surface area contributed by atoms with Crippen molar-refractivity contribution in [3.8, 4) is 5.75 Å². The molecule has 59 heavy (non-hydrogen) atoms. The van der Waals surface area contributed by atoms with Crippen LogP contribution >= 0.6 is 0 Å². The second-order valence-electron chi connectivity index (χ2n) is 14.5. The van der Waals surface area contributed by atoms with E-state index in [9.17, 15) is 24.0 Å².